The lowest BCUT2D eigenvalue weighted by atomic mass is 10.1. The van der Waals surface area contributed by atoms with E-state index < -0.39 is 0 Å². The Labute approximate surface area is 163 Å². The second kappa shape index (κ2) is 9.54. The quantitative estimate of drug-likeness (QED) is 0.631. The molecule has 0 fully saturated rings. The molecule has 1 aromatic carbocycles. The highest BCUT2D eigenvalue weighted by Crippen LogP contribution is 2.33. The Bertz CT molecular complexity index is 793. The summed E-state index contributed by atoms with van der Waals surface area (Å²) in [6.45, 7) is 2.07. The Hall–Kier alpha value is -2.13. The number of hydrogen-bond acceptors (Lipinski definition) is 7. The van der Waals surface area contributed by atoms with E-state index in [4.69, 9.17) is 14.2 Å². The Balaban J connectivity index is 2.01. The number of thiazole rings is 1. The maximum Gasteiger partial charge on any atom is 0.311 e. The molecule has 9 heteroatoms. The van der Waals surface area contributed by atoms with Crippen molar-refractivity contribution in [1.82, 2.24) is 4.98 Å². The first-order valence-corrected chi connectivity index (χ1v) is 9.44. The molecule has 1 aromatic heterocycles. The molecule has 0 spiro atoms. The number of rotatable bonds is 8. The lowest BCUT2D eigenvalue weighted by Gasteiger charge is -2.11. The number of methoxy groups -OCH3 is 2. The zero-order valence-corrected chi connectivity index (χ0v) is 17.0. The van der Waals surface area contributed by atoms with Gasteiger partial charge in [0.05, 0.1) is 39.4 Å². The molecule has 0 aliphatic rings. The topological polar surface area (TPSA) is 86.8 Å². The minimum absolute atomic E-state index is 0.0848. The predicted octanol–water partition coefficient (Wildman–Crippen LogP) is 3.21. The summed E-state index contributed by atoms with van der Waals surface area (Å²) in [5.74, 6) is 0.552. The second-order valence-electron chi connectivity index (χ2n) is 5.15. The third kappa shape index (κ3) is 5.43. The van der Waals surface area contributed by atoms with Crippen molar-refractivity contribution in [3.05, 3.63) is 33.2 Å². The third-order valence-electron chi connectivity index (χ3n) is 3.33. The van der Waals surface area contributed by atoms with Crippen molar-refractivity contribution in [2.45, 2.75) is 19.8 Å². The molecule has 0 saturated heterocycles. The number of nitrogens with one attached hydrogen (secondary N) is 1. The van der Waals surface area contributed by atoms with Gasteiger partial charge in [-0.3, -0.25) is 9.59 Å². The molecule has 0 aliphatic heterocycles. The molecule has 2 aromatic rings. The average Bonchev–Trinajstić information content (AvgIpc) is 3.03. The first-order chi connectivity index (χ1) is 12.5. The van der Waals surface area contributed by atoms with E-state index in [-0.39, 0.29) is 24.7 Å². The summed E-state index contributed by atoms with van der Waals surface area (Å²) in [4.78, 5) is 28.0. The summed E-state index contributed by atoms with van der Waals surface area (Å²) in [5.41, 5.74) is 1.32. The van der Waals surface area contributed by atoms with Crippen molar-refractivity contribution in [3.63, 3.8) is 0 Å². The summed E-state index contributed by atoms with van der Waals surface area (Å²) < 4.78 is 16.1. The van der Waals surface area contributed by atoms with Crippen LogP contribution in [0.2, 0.25) is 0 Å². The molecular weight excluding hydrogens is 424 g/mol. The van der Waals surface area contributed by atoms with E-state index in [1.807, 2.05) is 0 Å². The van der Waals surface area contributed by atoms with Crippen molar-refractivity contribution in [1.29, 1.82) is 0 Å². The van der Waals surface area contributed by atoms with Crippen molar-refractivity contribution >= 4 is 44.3 Å². The van der Waals surface area contributed by atoms with Gasteiger partial charge in [0.2, 0.25) is 5.91 Å². The molecule has 0 radical (unpaired) electrons. The van der Waals surface area contributed by atoms with Gasteiger partial charge in [-0.05, 0) is 24.6 Å². The summed E-state index contributed by atoms with van der Waals surface area (Å²) >= 11 is 4.69. The first kappa shape index (κ1) is 20.2. The van der Waals surface area contributed by atoms with Gasteiger partial charge in [0, 0.05) is 9.85 Å². The van der Waals surface area contributed by atoms with E-state index in [0.29, 0.717) is 28.9 Å². The van der Waals surface area contributed by atoms with Crippen LogP contribution in [0.15, 0.2) is 22.0 Å². The van der Waals surface area contributed by atoms with Crippen LogP contribution in [-0.2, 0) is 27.2 Å². The molecular formula is C17H19BrN2O5S. The summed E-state index contributed by atoms with van der Waals surface area (Å²) in [7, 11) is 3.09. The van der Waals surface area contributed by atoms with Gasteiger partial charge in [0.25, 0.3) is 0 Å². The molecule has 26 heavy (non-hydrogen) atoms. The number of esters is 1. The summed E-state index contributed by atoms with van der Waals surface area (Å²) in [5, 5.41) is 4.89. The summed E-state index contributed by atoms with van der Waals surface area (Å²) in [6.07, 6.45) is 0.217. The maximum absolute atomic E-state index is 12.3. The van der Waals surface area contributed by atoms with Crippen molar-refractivity contribution in [2.75, 3.05) is 26.1 Å². The van der Waals surface area contributed by atoms with Crippen LogP contribution in [-0.4, -0.2) is 37.7 Å². The molecule has 140 valence electrons. The third-order valence-corrected chi connectivity index (χ3v) is 4.88. The highest BCUT2D eigenvalue weighted by molar-refractivity contribution is 9.10. The number of halogens is 1. The summed E-state index contributed by atoms with van der Waals surface area (Å²) in [6, 6.07) is 3.50. The highest BCUT2D eigenvalue weighted by Gasteiger charge is 2.14. The molecule has 0 atom stereocenters. The average molecular weight is 443 g/mol. The molecule has 0 saturated carbocycles. The fourth-order valence-corrected chi connectivity index (χ4v) is 3.36. The van der Waals surface area contributed by atoms with Crippen LogP contribution in [0.25, 0.3) is 0 Å². The van der Waals surface area contributed by atoms with Gasteiger partial charge in [0.15, 0.2) is 16.6 Å². The molecule has 7 nitrogen and oxygen atoms in total. The van der Waals surface area contributed by atoms with Gasteiger partial charge in [0.1, 0.15) is 0 Å². The number of amides is 1. The fourth-order valence-electron chi connectivity index (χ4n) is 2.17. The number of nitrogens with zero attached hydrogens (tertiary/aromatic N) is 1. The number of carbonyl (C=O) groups is 2. The number of benzene rings is 1. The van der Waals surface area contributed by atoms with E-state index >= 15 is 0 Å². The van der Waals surface area contributed by atoms with Crippen LogP contribution < -0.4 is 14.8 Å². The van der Waals surface area contributed by atoms with E-state index in [0.717, 1.165) is 10.0 Å². The zero-order valence-electron chi connectivity index (χ0n) is 14.6. The molecule has 0 aliphatic carbocycles. The van der Waals surface area contributed by atoms with Crippen LogP contribution in [0, 0.1) is 0 Å². The molecule has 0 unspecified atom stereocenters. The van der Waals surface area contributed by atoms with Gasteiger partial charge in [-0.2, -0.15) is 0 Å². The monoisotopic (exact) mass is 442 g/mol. The van der Waals surface area contributed by atoms with Crippen LogP contribution >= 0.6 is 27.3 Å². The standard InChI is InChI=1S/C17H19BrN2O5S/c1-4-25-16(22)7-11-9-26-17(19-11)20-15(21)6-10-5-13(23-2)14(24-3)8-12(10)18/h5,8-9H,4,6-7H2,1-3H3,(H,19,20,21). The minimum Gasteiger partial charge on any atom is -0.493 e. The van der Waals surface area contributed by atoms with E-state index in [1.54, 1.807) is 31.5 Å². The Morgan fingerprint density at radius 1 is 1.19 bits per heavy atom. The van der Waals surface area contributed by atoms with Gasteiger partial charge < -0.3 is 19.5 Å². The number of anilines is 1. The number of hydrogen-bond donors (Lipinski definition) is 1. The predicted molar refractivity (Wildman–Crippen MR) is 102 cm³/mol. The van der Waals surface area contributed by atoms with Crippen LogP contribution in [0.5, 0.6) is 11.5 Å². The largest absolute Gasteiger partial charge is 0.493 e. The lowest BCUT2D eigenvalue weighted by molar-refractivity contribution is -0.142. The first-order valence-electron chi connectivity index (χ1n) is 7.77. The Kier molecular flexibility index (Phi) is 7.40. The Morgan fingerprint density at radius 3 is 2.54 bits per heavy atom. The van der Waals surface area contributed by atoms with Gasteiger partial charge in [-0.15, -0.1) is 11.3 Å². The molecule has 1 N–H and O–H groups in total. The van der Waals surface area contributed by atoms with Crippen LogP contribution in [0.4, 0.5) is 5.13 Å². The van der Waals surface area contributed by atoms with Crippen molar-refractivity contribution in [2.24, 2.45) is 0 Å². The van der Waals surface area contributed by atoms with Crippen molar-refractivity contribution < 1.29 is 23.8 Å². The SMILES string of the molecule is CCOC(=O)Cc1csc(NC(=O)Cc2cc(OC)c(OC)cc2Br)n1. The van der Waals surface area contributed by atoms with Gasteiger partial charge >= 0.3 is 5.97 Å². The Morgan fingerprint density at radius 2 is 1.88 bits per heavy atom. The minimum atomic E-state index is -0.343. The fraction of sp³-hybridized carbons (Fsp3) is 0.353. The van der Waals surface area contributed by atoms with Gasteiger partial charge in [-0.25, -0.2) is 4.98 Å². The molecule has 2 rings (SSSR count). The lowest BCUT2D eigenvalue weighted by Crippen LogP contribution is -2.15. The van der Waals surface area contributed by atoms with Crippen LogP contribution in [0.3, 0.4) is 0 Å². The molecule has 1 amide bonds. The molecule has 1 heterocycles. The smallest absolute Gasteiger partial charge is 0.311 e. The number of ether oxygens (including phenoxy) is 3. The van der Waals surface area contributed by atoms with Gasteiger partial charge in [-0.1, -0.05) is 15.9 Å². The highest BCUT2D eigenvalue weighted by atomic mass is 79.9. The molecule has 0 bridgehead atoms. The van der Waals surface area contributed by atoms with Crippen LogP contribution in [0.1, 0.15) is 18.2 Å². The second-order valence-corrected chi connectivity index (χ2v) is 6.86. The van der Waals surface area contributed by atoms with E-state index in [9.17, 15) is 9.59 Å². The number of aromatic nitrogens is 1. The zero-order chi connectivity index (χ0) is 19.1. The maximum atomic E-state index is 12.3. The van der Waals surface area contributed by atoms with E-state index in [2.05, 4.69) is 26.2 Å². The van der Waals surface area contributed by atoms with E-state index in [1.165, 1.54) is 18.4 Å². The van der Waals surface area contributed by atoms with Crippen molar-refractivity contribution in [3.8, 4) is 11.5 Å². The normalized spacial score (nSPS) is 10.3. The number of carbonyl (C=O) groups excluding carboxylic acids is 2.